The predicted molar refractivity (Wildman–Crippen MR) is 112 cm³/mol. The van der Waals surface area contributed by atoms with Gasteiger partial charge in [0.25, 0.3) is 5.91 Å². The van der Waals surface area contributed by atoms with Crippen LogP contribution in [0.15, 0.2) is 42.7 Å². The average Bonchev–Trinajstić information content (AvgIpc) is 3.25. The molecule has 0 aliphatic heterocycles. The molecule has 1 unspecified atom stereocenters. The van der Waals surface area contributed by atoms with Gasteiger partial charge in [-0.3, -0.25) is 9.48 Å². The number of nitrogens with one attached hydrogen (secondary N) is 1. The molecule has 0 fully saturated rings. The smallest absolute Gasteiger partial charge is 0.272 e. The van der Waals surface area contributed by atoms with Crippen molar-refractivity contribution in [1.82, 2.24) is 29.7 Å². The number of fused-ring (bicyclic) bond motifs is 1. The van der Waals surface area contributed by atoms with E-state index < -0.39 is 0 Å². The van der Waals surface area contributed by atoms with E-state index in [2.05, 4.69) is 52.5 Å². The number of carbonyl (C=O) groups excluding carboxylic acids is 1. The molecule has 4 rings (SSSR count). The van der Waals surface area contributed by atoms with Gasteiger partial charge >= 0.3 is 0 Å². The lowest BCUT2D eigenvalue weighted by Gasteiger charge is -2.16. The van der Waals surface area contributed by atoms with Gasteiger partial charge in [-0.05, 0) is 44.9 Å². The van der Waals surface area contributed by atoms with Crippen molar-refractivity contribution in [3.05, 3.63) is 70.8 Å². The molecule has 1 N–H and O–H groups in total. The van der Waals surface area contributed by atoms with E-state index in [0.29, 0.717) is 11.3 Å². The van der Waals surface area contributed by atoms with Gasteiger partial charge in [0, 0.05) is 30.6 Å². The Morgan fingerprint density at radius 3 is 2.62 bits per heavy atom. The highest BCUT2D eigenvalue weighted by Gasteiger charge is 2.18. The predicted octanol–water partition coefficient (Wildman–Crippen LogP) is 3.55. The second-order valence-corrected chi connectivity index (χ2v) is 7.45. The van der Waals surface area contributed by atoms with Crippen LogP contribution >= 0.6 is 0 Å². The lowest BCUT2D eigenvalue weighted by molar-refractivity contribution is 0.0934. The van der Waals surface area contributed by atoms with Gasteiger partial charge in [-0.2, -0.15) is 10.2 Å². The molecule has 0 radical (unpaired) electrons. The van der Waals surface area contributed by atoms with Crippen molar-refractivity contribution in [2.24, 2.45) is 7.05 Å². The molecule has 29 heavy (non-hydrogen) atoms. The van der Waals surface area contributed by atoms with Crippen LogP contribution in [-0.4, -0.2) is 30.3 Å². The number of hydrogen-bond acceptors (Lipinski definition) is 4. The number of aromatic nitrogens is 5. The van der Waals surface area contributed by atoms with Crippen molar-refractivity contribution in [3.8, 4) is 11.3 Å². The molecule has 0 saturated heterocycles. The minimum Gasteiger partial charge on any atom is -0.344 e. The van der Waals surface area contributed by atoms with Gasteiger partial charge in [0.2, 0.25) is 0 Å². The van der Waals surface area contributed by atoms with E-state index in [0.717, 1.165) is 28.1 Å². The number of carbonyl (C=O) groups is 1. The Morgan fingerprint density at radius 1 is 1.14 bits per heavy atom. The summed E-state index contributed by atoms with van der Waals surface area (Å²) >= 11 is 0. The third-order valence-corrected chi connectivity index (χ3v) is 5.34. The van der Waals surface area contributed by atoms with E-state index in [4.69, 9.17) is 0 Å². The largest absolute Gasteiger partial charge is 0.344 e. The maximum Gasteiger partial charge on any atom is 0.272 e. The number of amides is 1. The molecule has 7 nitrogen and oxygen atoms in total. The third kappa shape index (κ3) is 3.40. The Labute approximate surface area is 169 Å². The zero-order chi connectivity index (χ0) is 20.7. The highest BCUT2D eigenvalue weighted by atomic mass is 16.2. The summed E-state index contributed by atoms with van der Waals surface area (Å²) < 4.78 is 3.50. The molecule has 1 amide bonds. The van der Waals surface area contributed by atoms with E-state index in [1.54, 1.807) is 23.0 Å². The van der Waals surface area contributed by atoms with Crippen molar-refractivity contribution in [1.29, 1.82) is 0 Å². The lowest BCUT2D eigenvalue weighted by atomic mass is 10.0. The Hall–Kier alpha value is -3.48. The Kier molecular flexibility index (Phi) is 4.66. The molecule has 0 aliphatic carbocycles. The maximum absolute atomic E-state index is 12.9. The molecular formula is C22H24N6O. The molecule has 0 spiro atoms. The van der Waals surface area contributed by atoms with E-state index in [-0.39, 0.29) is 11.9 Å². The normalized spacial score (nSPS) is 12.3. The van der Waals surface area contributed by atoms with Crippen LogP contribution in [0.2, 0.25) is 0 Å². The van der Waals surface area contributed by atoms with Crippen molar-refractivity contribution >= 4 is 11.6 Å². The van der Waals surface area contributed by atoms with Crippen LogP contribution in [0.25, 0.3) is 16.9 Å². The fraction of sp³-hybridized carbons (Fsp3) is 0.273. The zero-order valence-electron chi connectivity index (χ0n) is 17.3. The van der Waals surface area contributed by atoms with E-state index in [9.17, 15) is 4.79 Å². The first-order chi connectivity index (χ1) is 13.8. The van der Waals surface area contributed by atoms with E-state index in [1.165, 1.54) is 5.56 Å². The van der Waals surface area contributed by atoms with Gasteiger partial charge in [-0.1, -0.05) is 23.8 Å². The van der Waals surface area contributed by atoms with E-state index in [1.807, 2.05) is 31.6 Å². The highest BCUT2D eigenvalue weighted by Crippen LogP contribution is 2.23. The summed E-state index contributed by atoms with van der Waals surface area (Å²) in [7, 11) is 1.90. The second-order valence-electron chi connectivity index (χ2n) is 7.45. The van der Waals surface area contributed by atoms with Gasteiger partial charge in [0.05, 0.1) is 17.9 Å². The molecule has 4 aromatic rings. The lowest BCUT2D eigenvalue weighted by Crippen LogP contribution is -2.27. The molecule has 3 heterocycles. The van der Waals surface area contributed by atoms with Crippen LogP contribution in [0.1, 0.15) is 45.8 Å². The van der Waals surface area contributed by atoms with E-state index >= 15 is 0 Å². The topological polar surface area (TPSA) is 77.1 Å². The number of benzene rings is 1. The van der Waals surface area contributed by atoms with Crippen molar-refractivity contribution in [2.45, 2.75) is 33.7 Å². The summed E-state index contributed by atoms with van der Waals surface area (Å²) in [6.45, 7) is 8.10. The van der Waals surface area contributed by atoms with Gasteiger partial charge in [-0.15, -0.1) is 0 Å². The first-order valence-corrected chi connectivity index (χ1v) is 9.57. The molecule has 3 aromatic heterocycles. The molecule has 1 aromatic carbocycles. The molecule has 1 atom stereocenters. The molecule has 148 valence electrons. The van der Waals surface area contributed by atoms with Gasteiger partial charge in [-0.25, -0.2) is 9.50 Å². The van der Waals surface area contributed by atoms with Crippen LogP contribution in [0.5, 0.6) is 0 Å². The fourth-order valence-electron chi connectivity index (χ4n) is 3.62. The van der Waals surface area contributed by atoms with Crippen LogP contribution < -0.4 is 5.32 Å². The van der Waals surface area contributed by atoms with Crippen LogP contribution in [0.3, 0.4) is 0 Å². The maximum atomic E-state index is 12.9. The molecular weight excluding hydrogens is 364 g/mol. The van der Waals surface area contributed by atoms with Crippen molar-refractivity contribution < 1.29 is 4.79 Å². The van der Waals surface area contributed by atoms with Crippen LogP contribution in [-0.2, 0) is 7.05 Å². The van der Waals surface area contributed by atoms with Crippen LogP contribution in [0.4, 0.5) is 0 Å². The summed E-state index contributed by atoms with van der Waals surface area (Å²) in [6.07, 6.45) is 3.52. The Bertz CT molecular complexity index is 1220. The monoisotopic (exact) mass is 388 g/mol. The summed E-state index contributed by atoms with van der Waals surface area (Å²) in [6, 6.07) is 9.70. The summed E-state index contributed by atoms with van der Waals surface area (Å²) in [5.74, 6) is -0.225. The minimum absolute atomic E-state index is 0.124. The molecule has 0 saturated carbocycles. The van der Waals surface area contributed by atoms with Gasteiger partial charge < -0.3 is 5.32 Å². The summed E-state index contributed by atoms with van der Waals surface area (Å²) in [4.78, 5) is 17.2. The number of hydrogen-bond donors (Lipinski definition) is 1. The van der Waals surface area contributed by atoms with Crippen molar-refractivity contribution in [3.63, 3.8) is 0 Å². The van der Waals surface area contributed by atoms with Gasteiger partial charge in [0.15, 0.2) is 11.3 Å². The Balaban J connectivity index is 1.65. The van der Waals surface area contributed by atoms with Crippen LogP contribution in [0, 0.1) is 20.8 Å². The highest BCUT2D eigenvalue weighted by molar-refractivity contribution is 5.93. The second kappa shape index (κ2) is 7.16. The quantitative estimate of drug-likeness (QED) is 0.580. The number of aryl methyl sites for hydroxylation is 3. The zero-order valence-corrected chi connectivity index (χ0v) is 17.3. The molecule has 0 aliphatic rings. The Morgan fingerprint density at radius 2 is 1.93 bits per heavy atom. The molecule has 0 bridgehead atoms. The average molecular weight is 388 g/mol. The SMILES string of the molecule is Cc1ccc(C(C)NC(=O)c2cc3nccc(-c4cnn(C)c4C)n3n2)c(C)c1. The summed E-state index contributed by atoms with van der Waals surface area (Å²) in [5.41, 5.74) is 7.23. The number of rotatable bonds is 4. The fourth-order valence-corrected chi connectivity index (χ4v) is 3.62. The third-order valence-electron chi connectivity index (χ3n) is 5.34. The molecule has 7 heteroatoms. The first-order valence-electron chi connectivity index (χ1n) is 9.57. The van der Waals surface area contributed by atoms with Gasteiger partial charge in [0.1, 0.15) is 0 Å². The summed E-state index contributed by atoms with van der Waals surface area (Å²) in [5, 5.41) is 11.9. The number of nitrogens with zero attached hydrogens (tertiary/aromatic N) is 5. The first kappa shape index (κ1) is 18.9. The van der Waals surface area contributed by atoms with Crippen molar-refractivity contribution in [2.75, 3.05) is 0 Å². The standard InChI is InChI=1S/C22H24N6O/c1-13-6-7-17(14(2)10-13)15(3)25-22(29)19-11-21-23-9-8-20(28(21)26-19)18-12-24-27(5)16(18)4/h6-12,15H,1-5H3,(H,25,29). The minimum atomic E-state index is -0.225.